The van der Waals surface area contributed by atoms with E-state index in [-0.39, 0.29) is 17.3 Å². The summed E-state index contributed by atoms with van der Waals surface area (Å²) in [7, 11) is 1.45. The van der Waals surface area contributed by atoms with E-state index in [9.17, 15) is 14.4 Å². The van der Waals surface area contributed by atoms with Gasteiger partial charge >= 0.3 is 11.9 Å². The standard InChI is InChI=1S/C24H18N2O7S/c1-31-19-12-14(4-9-18(19)32-24(30)20-3-2-10-34-20)11-17-23(29)33-22(26-17)15-5-7-16(8-6-15)25-21(28)13-27/h2-12,27H,13H2,1H3,(H,25,28)/b17-11+. The van der Waals surface area contributed by atoms with E-state index in [0.717, 1.165) is 0 Å². The van der Waals surface area contributed by atoms with Crippen LogP contribution < -0.4 is 14.8 Å². The Morgan fingerprint density at radius 1 is 1.15 bits per heavy atom. The van der Waals surface area contributed by atoms with Crippen LogP contribution in [0.2, 0.25) is 0 Å². The lowest BCUT2D eigenvalue weighted by Gasteiger charge is -2.09. The highest BCUT2D eigenvalue weighted by Gasteiger charge is 2.24. The van der Waals surface area contributed by atoms with Crippen molar-refractivity contribution in [3.63, 3.8) is 0 Å². The summed E-state index contributed by atoms with van der Waals surface area (Å²) < 4.78 is 16.0. The molecule has 0 saturated carbocycles. The van der Waals surface area contributed by atoms with Crippen LogP contribution >= 0.6 is 11.3 Å². The molecule has 1 amide bonds. The van der Waals surface area contributed by atoms with Crippen molar-refractivity contribution < 1.29 is 33.7 Å². The molecule has 0 aliphatic carbocycles. The Hall–Kier alpha value is -4.28. The number of aliphatic hydroxyl groups excluding tert-OH is 1. The van der Waals surface area contributed by atoms with Crippen LogP contribution in [0.5, 0.6) is 11.5 Å². The molecule has 1 aliphatic rings. The lowest BCUT2D eigenvalue weighted by Crippen LogP contribution is -2.15. The molecule has 0 spiro atoms. The van der Waals surface area contributed by atoms with E-state index >= 15 is 0 Å². The van der Waals surface area contributed by atoms with Crippen molar-refractivity contribution in [2.75, 3.05) is 19.0 Å². The fraction of sp³-hybridized carbons (Fsp3) is 0.0833. The maximum absolute atomic E-state index is 12.3. The zero-order valence-electron chi connectivity index (χ0n) is 17.8. The van der Waals surface area contributed by atoms with Crippen LogP contribution in [-0.2, 0) is 14.3 Å². The number of esters is 2. The van der Waals surface area contributed by atoms with E-state index in [0.29, 0.717) is 27.4 Å². The number of ether oxygens (including phenoxy) is 3. The smallest absolute Gasteiger partial charge is 0.363 e. The Morgan fingerprint density at radius 3 is 2.62 bits per heavy atom. The number of carbonyl (C=O) groups excluding carboxylic acids is 3. The Bertz CT molecular complexity index is 1300. The molecule has 0 unspecified atom stereocenters. The van der Waals surface area contributed by atoms with Gasteiger partial charge in [0.2, 0.25) is 11.8 Å². The number of thiophene rings is 1. The van der Waals surface area contributed by atoms with Crippen molar-refractivity contribution in [3.8, 4) is 11.5 Å². The summed E-state index contributed by atoms with van der Waals surface area (Å²) in [6.45, 7) is -0.622. The minimum Gasteiger partial charge on any atom is -0.493 e. The molecule has 0 saturated heterocycles. The van der Waals surface area contributed by atoms with Gasteiger partial charge in [-0.2, -0.15) is 0 Å². The number of aliphatic hydroxyl groups is 1. The average Bonchev–Trinajstić information content (AvgIpc) is 3.51. The van der Waals surface area contributed by atoms with Gasteiger partial charge in [-0.25, -0.2) is 14.6 Å². The number of hydrogen-bond donors (Lipinski definition) is 2. The van der Waals surface area contributed by atoms with Crippen LogP contribution in [0.15, 0.2) is 70.7 Å². The topological polar surface area (TPSA) is 124 Å². The van der Waals surface area contributed by atoms with Gasteiger partial charge in [0.1, 0.15) is 11.5 Å². The van der Waals surface area contributed by atoms with Gasteiger partial charge in [0.15, 0.2) is 17.2 Å². The molecule has 4 rings (SSSR count). The van der Waals surface area contributed by atoms with Crippen molar-refractivity contribution in [2.24, 2.45) is 4.99 Å². The summed E-state index contributed by atoms with van der Waals surface area (Å²) in [5.74, 6) is -0.977. The second kappa shape index (κ2) is 10.1. The van der Waals surface area contributed by atoms with Gasteiger partial charge in [-0.3, -0.25) is 4.79 Å². The molecule has 2 N–H and O–H groups in total. The Morgan fingerprint density at radius 2 is 1.94 bits per heavy atom. The molecule has 1 aromatic heterocycles. The van der Waals surface area contributed by atoms with Crippen molar-refractivity contribution in [1.29, 1.82) is 0 Å². The molecule has 172 valence electrons. The minimum absolute atomic E-state index is 0.0815. The first-order chi connectivity index (χ1) is 16.5. The van der Waals surface area contributed by atoms with E-state index in [4.69, 9.17) is 19.3 Å². The summed E-state index contributed by atoms with van der Waals surface area (Å²) in [5, 5.41) is 13.1. The minimum atomic E-state index is -0.625. The molecule has 10 heteroatoms. The van der Waals surface area contributed by atoms with E-state index in [1.807, 2.05) is 0 Å². The number of aliphatic imine (C=N–C) groups is 1. The highest BCUT2D eigenvalue weighted by atomic mass is 32.1. The predicted octanol–water partition coefficient (Wildman–Crippen LogP) is 3.25. The number of benzene rings is 2. The first-order valence-electron chi connectivity index (χ1n) is 9.94. The molecular formula is C24H18N2O7S. The van der Waals surface area contributed by atoms with Gasteiger partial charge in [0.25, 0.3) is 0 Å². The average molecular weight is 478 g/mol. The van der Waals surface area contributed by atoms with Crippen LogP contribution in [0, 0.1) is 0 Å². The third kappa shape index (κ3) is 5.20. The first kappa shape index (κ1) is 22.9. The molecule has 34 heavy (non-hydrogen) atoms. The predicted molar refractivity (Wildman–Crippen MR) is 125 cm³/mol. The van der Waals surface area contributed by atoms with Crippen molar-refractivity contribution in [3.05, 3.63) is 81.7 Å². The highest BCUT2D eigenvalue weighted by Crippen LogP contribution is 2.31. The van der Waals surface area contributed by atoms with Gasteiger partial charge in [-0.05, 0) is 59.5 Å². The fourth-order valence-electron chi connectivity index (χ4n) is 2.99. The van der Waals surface area contributed by atoms with Crippen molar-refractivity contribution in [2.45, 2.75) is 0 Å². The number of nitrogens with zero attached hydrogens (tertiary/aromatic N) is 1. The second-order valence-electron chi connectivity index (χ2n) is 6.90. The largest absolute Gasteiger partial charge is 0.493 e. The number of amides is 1. The second-order valence-corrected chi connectivity index (χ2v) is 7.84. The zero-order chi connectivity index (χ0) is 24.1. The van der Waals surface area contributed by atoms with Crippen LogP contribution in [0.4, 0.5) is 5.69 Å². The summed E-state index contributed by atoms with van der Waals surface area (Å²) in [6, 6.07) is 14.7. The van der Waals surface area contributed by atoms with Gasteiger partial charge < -0.3 is 24.6 Å². The number of hydrogen-bond acceptors (Lipinski definition) is 9. The fourth-order valence-corrected chi connectivity index (χ4v) is 3.59. The molecule has 2 heterocycles. The number of rotatable bonds is 7. The monoisotopic (exact) mass is 478 g/mol. The van der Waals surface area contributed by atoms with Gasteiger partial charge in [0.05, 0.1) is 7.11 Å². The molecule has 0 radical (unpaired) electrons. The third-order valence-electron chi connectivity index (χ3n) is 4.60. The molecule has 9 nitrogen and oxygen atoms in total. The molecule has 1 aliphatic heterocycles. The first-order valence-corrected chi connectivity index (χ1v) is 10.8. The maximum Gasteiger partial charge on any atom is 0.363 e. The van der Waals surface area contributed by atoms with Crippen LogP contribution in [0.25, 0.3) is 6.08 Å². The van der Waals surface area contributed by atoms with Crippen LogP contribution in [0.3, 0.4) is 0 Å². The van der Waals surface area contributed by atoms with Gasteiger partial charge in [-0.15, -0.1) is 11.3 Å². The van der Waals surface area contributed by atoms with Gasteiger partial charge in [-0.1, -0.05) is 12.1 Å². The number of cyclic esters (lactones) is 1. The Labute approximate surface area is 197 Å². The van der Waals surface area contributed by atoms with Gasteiger partial charge in [0, 0.05) is 11.3 Å². The summed E-state index contributed by atoms with van der Waals surface area (Å²) in [6.07, 6.45) is 1.53. The lowest BCUT2D eigenvalue weighted by atomic mass is 10.1. The molecule has 3 aromatic rings. The van der Waals surface area contributed by atoms with E-state index < -0.39 is 24.5 Å². The molecule has 0 atom stereocenters. The quantitative estimate of drug-likeness (QED) is 0.304. The SMILES string of the molecule is COc1cc(/C=C2/N=C(c3ccc(NC(=O)CO)cc3)OC2=O)ccc1OC(=O)c1cccs1. The maximum atomic E-state index is 12.3. The lowest BCUT2D eigenvalue weighted by molar-refractivity contribution is -0.130. The summed E-state index contributed by atoms with van der Waals surface area (Å²) in [5.41, 5.74) is 1.69. The number of nitrogens with one attached hydrogen (secondary N) is 1. The Balaban J connectivity index is 1.52. The normalized spacial score (nSPS) is 13.9. The highest BCUT2D eigenvalue weighted by molar-refractivity contribution is 7.12. The number of methoxy groups -OCH3 is 1. The van der Waals surface area contributed by atoms with Crippen molar-refractivity contribution in [1.82, 2.24) is 0 Å². The Kier molecular flexibility index (Phi) is 6.81. The van der Waals surface area contributed by atoms with E-state index in [2.05, 4.69) is 10.3 Å². The number of carbonyl (C=O) groups is 3. The summed E-state index contributed by atoms with van der Waals surface area (Å²) in [4.78, 5) is 40.5. The third-order valence-corrected chi connectivity index (χ3v) is 5.45. The molecule has 2 aromatic carbocycles. The number of anilines is 1. The van der Waals surface area contributed by atoms with Crippen LogP contribution in [-0.4, -0.2) is 42.6 Å². The summed E-state index contributed by atoms with van der Waals surface area (Å²) >= 11 is 1.27. The van der Waals surface area contributed by atoms with Crippen LogP contribution in [0.1, 0.15) is 20.8 Å². The molecule has 0 bridgehead atoms. The van der Waals surface area contributed by atoms with Crippen molar-refractivity contribution >= 4 is 46.8 Å². The molecule has 0 fully saturated rings. The molecular weight excluding hydrogens is 460 g/mol. The van der Waals surface area contributed by atoms with E-state index in [1.54, 1.807) is 60.0 Å². The zero-order valence-corrected chi connectivity index (χ0v) is 18.6. The van der Waals surface area contributed by atoms with E-state index in [1.165, 1.54) is 24.5 Å².